The number of nitrogens with one attached hydrogen (secondary N) is 1. The minimum Gasteiger partial charge on any atom is -0.452 e. The van der Waals surface area contributed by atoms with Gasteiger partial charge in [-0.2, -0.15) is 5.10 Å². The molecule has 0 bridgehead atoms. The molecule has 1 N–H and O–H groups in total. The van der Waals surface area contributed by atoms with Crippen LogP contribution in [0.3, 0.4) is 0 Å². The Hall–Kier alpha value is -2.11. The highest BCUT2D eigenvalue weighted by Gasteiger charge is 2.17. The van der Waals surface area contributed by atoms with Crippen molar-refractivity contribution in [2.45, 2.75) is 0 Å². The number of hydrogen-bond donors (Lipinski definition) is 1. The van der Waals surface area contributed by atoms with Crippen LogP contribution >= 0.6 is 27.5 Å². The van der Waals surface area contributed by atoms with Crippen LogP contribution in [0.4, 0.5) is 5.69 Å². The summed E-state index contributed by atoms with van der Waals surface area (Å²) in [7, 11) is 0. The molecular formula is C16H10BrClN2O2. The zero-order chi connectivity index (χ0) is 15.5. The summed E-state index contributed by atoms with van der Waals surface area (Å²) >= 11 is 9.32. The van der Waals surface area contributed by atoms with E-state index in [1.165, 1.54) is 0 Å². The molecule has 0 radical (unpaired) electrons. The Kier molecular flexibility index (Phi) is 4.27. The van der Waals surface area contributed by atoms with Crippen LogP contribution in [0, 0.1) is 0 Å². The Labute approximate surface area is 139 Å². The van der Waals surface area contributed by atoms with Crippen LogP contribution in [0.5, 0.6) is 0 Å². The van der Waals surface area contributed by atoms with Gasteiger partial charge in [-0.1, -0.05) is 45.7 Å². The van der Waals surface area contributed by atoms with Crippen LogP contribution in [-0.2, 0) is 0 Å². The van der Waals surface area contributed by atoms with E-state index in [2.05, 4.69) is 26.5 Å². The minimum atomic E-state index is -0.475. The number of para-hydroxylation sites is 1. The molecule has 4 nitrogen and oxygen atoms in total. The summed E-state index contributed by atoms with van der Waals surface area (Å²) in [5, 5.41) is 4.50. The number of hydrazone groups is 1. The zero-order valence-corrected chi connectivity index (χ0v) is 13.6. The molecule has 0 fully saturated rings. The van der Waals surface area contributed by atoms with Crippen LogP contribution < -0.4 is 5.43 Å². The predicted octanol–water partition coefficient (Wildman–Crippen LogP) is 5.04. The number of carbonyl (C=O) groups excluding carboxylic acids is 1. The molecule has 3 rings (SSSR count). The fourth-order valence-electron chi connectivity index (χ4n) is 1.90. The lowest BCUT2D eigenvalue weighted by atomic mass is 10.2. The molecule has 0 atom stereocenters. The van der Waals surface area contributed by atoms with Gasteiger partial charge in [0.05, 0.1) is 5.69 Å². The summed E-state index contributed by atoms with van der Waals surface area (Å²) in [5.74, 6) is -0.325. The number of benzene rings is 2. The number of fused-ring (bicyclic) bond motifs is 1. The lowest BCUT2D eigenvalue weighted by molar-refractivity contribution is 0.104. The van der Waals surface area contributed by atoms with Crippen molar-refractivity contribution in [2.24, 2.45) is 5.10 Å². The summed E-state index contributed by atoms with van der Waals surface area (Å²) in [6, 6.07) is 16.3. The van der Waals surface area contributed by atoms with Crippen molar-refractivity contribution in [3.8, 4) is 0 Å². The summed E-state index contributed by atoms with van der Waals surface area (Å²) < 4.78 is 6.40. The first kappa shape index (κ1) is 14.8. The van der Waals surface area contributed by atoms with Crippen molar-refractivity contribution in [3.63, 3.8) is 0 Å². The third-order valence-electron chi connectivity index (χ3n) is 2.95. The maximum atomic E-state index is 12.2. The van der Waals surface area contributed by atoms with Gasteiger partial charge in [0.15, 0.2) is 5.76 Å². The Morgan fingerprint density at radius 1 is 1.14 bits per heavy atom. The number of ketones is 1. The van der Waals surface area contributed by atoms with Crippen molar-refractivity contribution in [1.82, 2.24) is 0 Å². The van der Waals surface area contributed by atoms with Crippen LogP contribution in [0.15, 0.2) is 68.6 Å². The molecular weight excluding hydrogens is 368 g/mol. The van der Waals surface area contributed by atoms with E-state index in [4.69, 9.17) is 16.0 Å². The number of furan rings is 1. The topological polar surface area (TPSA) is 54.6 Å². The van der Waals surface area contributed by atoms with E-state index >= 15 is 0 Å². The van der Waals surface area contributed by atoms with Crippen molar-refractivity contribution < 1.29 is 9.21 Å². The average Bonchev–Trinajstić information content (AvgIpc) is 2.95. The Bertz CT molecular complexity index is 859. The van der Waals surface area contributed by atoms with Gasteiger partial charge in [-0.3, -0.25) is 10.2 Å². The zero-order valence-electron chi connectivity index (χ0n) is 11.2. The van der Waals surface area contributed by atoms with Crippen molar-refractivity contribution in [3.05, 3.63) is 64.8 Å². The monoisotopic (exact) mass is 376 g/mol. The molecule has 0 aliphatic carbocycles. The number of hydrogen-bond acceptors (Lipinski definition) is 4. The SMILES string of the molecule is O=C(/C(Cl)=N/Nc1ccccc1)c1cc2cc(Br)ccc2o1. The first-order valence-corrected chi connectivity index (χ1v) is 7.58. The summed E-state index contributed by atoms with van der Waals surface area (Å²) in [6.07, 6.45) is 0. The second-order valence-corrected chi connectivity index (χ2v) is 5.78. The number of anilines is 1. The van der Waals surface area contributed by atoms with E-state index in [1.54, 1.807) is 12.1 Å². The lowest BCUT2D eigenvalue weighted by Gasteiger charge is -1.99. The Morgan fingerprint density at radius 2 is 1.91 bits per heavy atom. The number of nitrogens with zero attached hydrogens (tertiary/aromatic N) is 1. The van der Waals surface area contributed by atoms with E-state index in [9.17, 15) is 4.79 Å². The predicted molar refractivity (Wildman–Crippen MR) is 91.6 cm³/mol. The summed E-state index contributed by atoms with van der Waals surface area (Å²) in [5.41, 5.74) is 4.08. The summed E-state index contributed by atoms with van der Waals surface area (Å²) in [4.78, 5) is 12.2. The number of Topliss-reactive ketones (excluding diaryl/α,β-unsaturated/α-hetero) is 1. The molecule has 2 aromatic carbocycles. The van der Waals surface area contributed by atoms with E-state index in [0.717, 1.165) is 15.5 Å². The third kappa shape index (κ3) is 3.21. The molecule has 110 valence electrons. The normalized spacial score (nSPS) is 11.6. The quantitative estimate of drug-likeness (QED) is 0.393. The van der Waals surface area contributed by atoms with Gasteiger partial charge in [-0.25, -0.2) is 0 Å². The number of halogens is 2. The molecule has 0 aliphatic rings. The molecule has 0 aliphatic heterocycles. The van der Waals surface area contributed by atoms with Gasteiger partial charge >= 0.3 is 0 Å². The van der Waals surface area contributed by atoms with E-state index in [-0.39, 0.29) is 10.9 Å². The molecule has 6 heteroatoms. The molecule has 0 spiro atoms. The van der Waals surface area contributed by atoms with E-state index in [0.29, 0.717) is 5.58 Å². The van der Waals surface area contributed by atoms with Gasteiger partial charge in [0.2, 0.25) is 5.17 Å². The average molecular weight is 378 g/mol. The van der Waals surface area contributed by atoms with E-state index < -0.39 is 5.78 Å². The third-order valence-corrected chi connectivity index (χ3v) is 3.70. The Balaban J connectivity index is 1.82. The van der Waals surface area contributed by atoms with Gasteiger partial charge in [0, 0.05) is 9.86 Å². The highest BCUT2D eigenvalue weighted by Crippen LogP contribution is 2.24. The fraction of sp³-hybridized carbons (Fsp3) is 0. The Morgan fingerprint density at radius 3 is 2.68 bits per heavy atom. The first-order valence-electron chi connectivity index (χ1n) is 6.41. The number of rotatable bonds is 4. The van der Waals surface area contributed by atoms with Crippen molar-refractivity contribution in [1.29, 1.82) is 0 Å². The molecule has 1 heterocycles. The highest BCUT2D eigenvalue weighted by molar-refractivity contribution is 9.10. The standard InChI is InChI=1S/C16H10BrClN2O2/c17-11-6-7-13-10(8-11)9-14(22-13)15(21)16(18)20-19-12-4-2-1-3-5-12/h1-9,19H/b20-16-. The van der Waals surface area contributed by atoms with Crippen LogP contribution in [0.2, 0.25) is 0 Å². The van der Waals surface area contributed by atoms with Gasteiger partial charge in [-0.05, 0) is 36.4 Å². The highest BCUT2D eigenvalue weighted by atomic mass is 79.9. The van der Waals surface area contributed by atoms with Gasteiger partial charge in [0.1, 0.15) is 5.58 Å². The van der Waals surface area contributed by atoms with Gasteiger partial charge in [-0.15, -0.1) is 0 Å². The minimum absolute atomic E-state index is 0.150. The van der Waals surface area contributed by atoms with Gasteiger partial charge in [0.25, 0.3) is 5.78 Å². The number of carbonyl (C=O) groups is 1. The van der Waals surface area contributed by atoms with E-state index in [1.807, 2.05) is 42.5 Å². The molecule has 1 aromatic heterocycles. The summed E-state index contributed by atoms with van der Waals surface area (Å²) in [6.45, 7) is 0. The van der Waals surface area contributed by atoms with Gasteiger partial charge < -0.3 is 4.42 Å². The molecule has 0 saturated carbocycles. The molecule has 0 unspecified atom stereocenters. The molecule has 0 saturated heterocycles. The molecule has 22 heavy (non-hydrogen) atoms. The lowest BCUT2D eigenvalue weighted by Crippen LogP contribution is -2.09. The van der Waals surface area contributed by atoms with Crippen LogP contribution in [-0.4, -0.2) is 11.0 Å². The van der Waals surface area contributed by atoms with Crippen LogP contribution in [0.25, 0.3) is 11.0 Å². The molecule has 0 amide bonds. The molecule has 3 aromatic rings. The van der Waals surface area contributed by atoms with Crippen LogP contribution in [0.1, 0.15) is 10.6 Å². The first-order chi connectivity index (χ1) is 10.6. The maximum Gasteiger partial charge on any atom is 0.259 e. The largest absolute Gasteiger partial charge is 0.452 e. The van der Waals surface area contributed by atoms with Crippen molar-refractivity contribution >= 4 is 55.1 Å². The van der Waals surface area contributed by atoms with Crippen molar-refractivity contribution in [2.75, 3.05) is 5.43 Å². The second-order valence-electron chi connectivity index (χ2n) is 4.50. The fourth-order valence-corrected chi connectivity index (χ4v) is 2.42. The second kappa shape index (κ2) is 6.34. The maximum absolute atomic E-state index is 12.2. The smallest absolute Gasteiger partial charge is 0.259 e.